The first-order chi connectivity index (χ1) is 15.5. The van der Waals surface area contributed by atoms with E-state index in [9.17, 15) is 18.8 Å². The first-order valence-electron chi connectivity index (χ1n) is 10.6. The quantitative estimate of drug-likeness (QED) is 0.766. The number of piperazine rings is 1. The molecule has 1 saturated heterocycles. The summed E-state index contributed by atoms with van der Waals surface area (Å²) in [7, 11) is 0. The Labute approximate surface area is 185 Å². The molecular weight excluding hydrogens is 415 g/mol. The summed E-state index contributed by atoms with van der Waals surface area (Å²) < 4.78 is 18.6. The molecule has 8 nitrogen and oxygen atoms in total. The lowest BCUT2D eigenvalue weighted by atomic mass is 10.2. The number of hydrogen-bond acceptors (Lipinski definition) is 5. The summed E-state index contributed by atoms with van der Waals surface area (Å²) in [6, 6.07) is 12.8. The molecule has 0 bridgehead atoms. The molecule has 1 N–H and O–H groups in total. The number of hydrogen-bond donors (Lipinski definition) is 1. The second kappa shape index (κ2) is 9.78. The van der Waals surface area contributed by atoms with Gasteiger partial charge in [-0.1, -0.05) is 12.1 Å². The van der Waals surface area contributed by atoms with Gasteiger partial charge in [-0.3, -0.25) is 24.2 Å². The summed E-state index contributed by atoms with van der Waals surface area (Å²) in [5.41, 5.74) is 1.15. The number of benzene rings is 2. The Morgan fingerprint density at radius 2 is 1.69 bits per heavy atom. The van der Waals surface area contributed by atoms with E-state index in [0.717, 1.165) is 0 Å². The number of carbonyl (C=O) groups is 3. The van der Waals surface area contributed by atoms with Crippen LogP contribution in [0.25, 0.3) is 0 Å². The van der Waals surface area contributed by atoms with E-state index in [-0.39, 0.29) is 43.0 Å². The minimum Gasteiger partial charge on any atom is -0.491 e. The zero-order valence-electron chi connectivity index (χ0n) is 17.6. The Hall–Kier alpha value is -3.46. The summed E-state index contributed by atoms with van der Waals surface area (Å²) in [6.45, 7) is 2.50. The van der Waals surface area contributed by atoms with Crippen molar-refractivity contribution >= 4 is 29.1 Å². The van der Waals surface area contributed by atoms with Gasteiger partial charge in [-0.15, -0.1) is 0 Å². The standard InChI is InChI=1S/C23H25FN4O4/c24-17-5-7-18(8-6-17)25-21(29)15-26-10-12-27(13-11-26)23(31)16-28-19-3-1-2-4-20(19)32-14-9-22(28)30/h1-8H,9-16H2,(H,25,29). The minimum atomic E-state index is -0.360. The van der Waals surface area contributed by atoms with Crippen LogP contribution in [0.3, 0.4) is 0 Å². The number of ether oxygens (including phenoxy) is 1. The second-order valence-electron chi connectivity index (χ2n) is 7.76. The van der Waals surface area contributed by atoms with Crippen LogP contribution in [0.5, 0.6) is 5.75 Å². The lowest BCUT2D eigenvalue weighted by Crippen LogP contribution is -2.53. The molecule has 0 radical (unpaired) electrons. The molecule has 2 heterocycles. The maximum Gasteiger partial charge on any atom is 0.242 e. The third-order valence-electron chi connectivity index (χ3n) is 5.54. The van der Waals surface area contributed by atoms with Crippen LogP contribution in [0.4, 0.5) is 15.8 Å². The molecule has 2 aromatic rings. The summed E-state index contributed by atoms with van der Waals surface area (Å²) in [5.74, 6) is -0.224. The van der Waals surface area contributed by atoms with Crippen LogP contribution < -0.4 is 15.0 Å². The maximum atomic E-state index is 13.0. The highest BCUT2D eigenvalue weighted by Gasteiger charge is 2.28. The third kappa shape index (κ3) is 5.23. The first-order valence-corrected chi connectivity index (χ1v) is 10.6. The van der Waals surface area contributed by atoms with Crippen LogP contribution in [-0.4, -0.2) is 73.4 Å². The molecule has 2 aliphatic rings. The highest BCUT2D eigenvalue weighted by Crippen LogP contribution is 2.30. The van der Waals surface area contributed by atoms with Gasteiger partial charge in [-0.05, 0) is 36.4 Å². The van der Waals surface area contributed by atoms with Crippen LogP contribution in [0, 0.1) is 5.82 Å². The number of para-hydroxylation sites is 2. The van der Waals surface area contributed by atoms with Crippen molar-refractivity contribution in [2.24, 2.45) is 0 Å². The van der Waals surface area contributed by atoms with Gasteiger partial charge in [0.2, 0.25) is 17.7 Å². The summed E-state index contributed by atoms with van der Waals surface area (Å²) >= 11 is 0. The molecule has 4 rings (SSSR count). The molecule has 0 aliphatic carbocycles. The molecule has 0 unspecified atom stereocenters. The zero-order valence-corrected chi connectivity index (χ0v) is 17.6. The number of halogens is 1. The molecule has 1 fully saturated rings. The van der Waals surface area contributed by atoms with E-state index in [4.69, 9.17) is 4.74 Å². The fourth-order valence-electron chi connectivity index (χ4n) is 3.82. The molecule has 0 atom stereocenters. The molecule has 2 aromatic carbocycles. The highest BCUT2D eigenvalue weighted by molar-refractivity contribution is 6.00. The number of nitrogens with one attached hydrogen (secondary N) is 1. The maximum absolute atomic E-state index is 13.0. The van der Waals surface area contributed by atoms with Gasteiger partial charge in [0, 0.05) is 31.9 Å². The van der Waals surface area contributed by atoms with Crippen molar-refractivity contribution < 1.29 is 23.5 Å². The molecule has 32 heavy (non-hydrogen) atoms. The van der Waals surface area contributed by atoms with Gasteiger partial charge in [0.25, 0.3) is 0 Å². The molecule has 168 valence electrons. The van der Waals surface area contributed by atoms with Gasteiger partial charge in [0.05, 0.1) is 25.3 Å². The molecule has 3 amide bonds. The van der Waals surface area contributed by atoms with Gasteiger partial charge < -0.3 is 15.0 Å². The Kier molecular flexibility index (Phi) is 6.65. The summed E-state index contributed by atoms with van der Waals surface area (Å²) in [4.78, 5) is 42.9. The number of fused-ring (bicyclic) bond motifs is 1. The Morgan fingerprint density at radius 3 is 2.44 bits per heavy atom. The lowest BCUT2D eigenvalue weighted by molar-refractivity contribution is -0.133. The van der Waals surface area contributed by atoms with Gasteiger partial charge in [-0.25, -0.2) is 4.39 Å². The fourth-order valence-corrected chi connectivity index (χ4v) is 3.82. The average molecular weight is 440 g/mol. The monoisotopic (exact) mass is 440 g/mol. The van der Waals surface area contributed by atoms with Crippen LogP contribution in [-0.2, 0) is 14.4 Å². The van der Waals surface area contributed by atoms with E-state index in [0.29, 0.717) is 49.9 Å². The molecule has 9 heteroatoms. The van der Waals surface area contributed by atoms with Crippen molar-refractivity contribution in [1.29, 1.82) is 0 Å². The normalized spacial score (nSPS) is 16.7. The summed E-state index contributed by atoms with van der Waals surface area (Å²) in [6.07, 6.45) is 0.221. The van der Waals surface area contributed by atoms with E-state index < -0.39 is 0 Å². The average Bonchev–Trinajstić information content (AvgIpc) is 2.94. The first kappa shape index (κ1) is 21.8. The minimum absolute atomic E-state index is 0.0374. The number of nitrogens with zero attached hydrogens (tertiary/aromatic N) is 3. The number of anilines is 2. The van der Waals surface area contributed by atoms with Gasteiger partial charge >= 0.3 is 0 Å². The largest absolute Gasteiger partial charge is 0.491 e. The highest BCUT2D eigenvalue weighted by atomic mass is 19.1. The smallest absolute Gasteiger partial charge is 0.242 e. The van der Waals surface area contributed by atoms with Crippen LogP contribution in [0.1, 0.15) is 6.42 Å². The molecule has 0 aromatic heterocycles. The zero-order chi connectivity index (χ0) is 22.5. The van der Waals surface area contributed by atoms with E-state index in [2.05, 4.69) is 5.32 Å². The number of carbonyl (C=O) groups excluding carboxylic acids is 3. The van der Waals surface area contributed by atoms with E-state index in [1.54, 1.807) is 17.0 Å². The van der Waals surface area contributed by atoms with E-state index in [1.165, 1.54) is 29.2 Å². The fraction of sp³-hybridized carbons (Fsp3) is 0.348. The summed E-state index contributed by atoms with van der Waals surface area (Å²) in [5, 5.41) is 2.74. The lowest BCUT2D eigenvalue weighted by Gasteiger charge is -2.35. The van der Waals surface area contributed by atoms with Crippen molar-refractivity contribution in [3.05, 3.63) is 54.3 Å². The van der Waals surface area contributed by atoms with Gasteiger partial charge in [0.15, 0.2) is 0 Å². The Balaban J connectivity index is 1.28. The van der Waals surface area contributed by atoms with Crippen LogP contribution in [0.15, 0.2) is 48.5 Å². The predicted octanol–water partition coefficient (Wildman–Crippen LogP) is 1.72. The molecule has 0 spiro atoms. The predicted molar refractivity (Wildman–Crippen MR) is 117 cm³/mol. The third-order valence-corrected chi connectivity index (χ3v) is 5.54. The number of amides is 3. The SMILES string of the molecule is O=C(CN1CCN(C(=O)CN2C(=O)CCOc3ccccc32)CC1)Nc1ccc(F)cc1. The van der Waals surface area contributed by atoms with Crippen LogP contribution >= 0.6 is 0 Å². The molecular formula is C23H25FN4O4. The number of rotatable bonds is 5. The van der Waals surface area contributed by atoms with Crippen LogP contribution in [0.2, 0.25) is 0 Å². The molecule has 2 aliphatic heterocycles. The van der Waals surface area contributed by atoms with Crippen molar-refractivity contribution in [2.45, 2.75) is 6.42 Å². The van der Waals surface area contributed by atoms with Crippen molar-refractivity contribution in [1.82, 2.24) is 9.80 Å². The van der Waals surface area contributed by atoms with Crippen molar-refractivity contribution in [3.8, 4) is 5.75 Å². The van der Waals surface area contributed by atoms with Gasteiger partial charge in [0.1, 0.15) is 18.1 Å². The topological polar surface area (TPSA) is 82.2 Å². The second-order valence-corrected chi connectivity index (χ2v) is 7.76. The van der Waals surface area contributed by atoms with E-state index in [1.807, 2.05) is 17.0 Å². The Bertz CT molecular complexity index is 990. The van der Waals surface area contributed by atoms with E-state index >= 15 is 0 Å². The Morgan fingerprint density at radius 1 is 0.969 bits per heavy atom. The molecule has 0 saturated carbocycles. The van der Waals surface area contributed by atoms with Crippen molar-refractivity contribution in [3.63, 3.8) is 0 Å². The van der Waals surface area contributed by atoms with Crippen molar-refractivity contribution in [2.75, 3.05) is 56.1 Å². The van der Waals surface area contributed by atoms with Gasteiger partial charge in [-0.2, -0.15) is 0 Å².